The summed E-state index contributed by atoms with van der Waals surface area (Å²) in [5.41, 5.74) is -0.490. The third-order valence-electron chi connectivity index (χ3n) is 16.9. The van der Waals surface area contributed by atoms with E-state index in [1.165, 1.54) is 0 Å². The molecule has 0 aromatic heterocycles. The van der Waals surface area contributed by atoms with Crippen molar-refractivity contribution < 1.29 is 105 Å². The summed E-state index contributed by atoms with van der Waals surface area (Å²) >= 11 is 0. The van der Waals surface area contributed by atoms with Crippen molar-refractivity contribution in [2.45, 2.75) is 194 Å². The van der Waals surface area contributed by atoms with Crippen LogP contribution in [0, 0.1) is 40.4 Å². The van der Waals surface area contributed by atoms with Crippen LogP contribution in [0.15, 0.2) is 12.2 Å². The number of carbonyl (C=O) groups is 1. The molecule has 0 spiro atoms. The second-order valence-corrected chi connectivity index (χ2v) is 20.7. The van der Waals surface area contributed by atoms with Gasteiger partial charge < -0.3 is 99.9 Å². The number of hydrogen-bond acceptors (Lipinski definition) is 21. The Morgan fingerprint density at radius 3 is 1.88 bits per heavy atom. The number of ether oxygens (including phenoxy) is 6. The Kier molecular flexibility index (Phi) is 16.7. The fraction of sp³-hybridized carbons (Fsp3) is 0.933. The number of esters is 1. The molecular formula is C45H74O21. The number of aliphatic hydroxyl groups excluding tert-OH is 14. The Morgan fingerprint density at radius 1 is 0.621 bits per heavy atom. The van der Waals surface area contributed by atoms with E-state index in [2.05, 4.69) is 13.5 Å². The molecule has 7 rings (SSSR count). The molecule has 0 radical (unpaired) electrons. The topological polar surface area (TPSA) is 356 Å². The number of hydrogen-bond donors (Lipinski definition) is 14. The Hall–Kier alpha value is -1.55. The average Bonchev–Trinajstić information content (AvgIpc) is 3.46. The maximum atomic E-state index is 14.7. The Balaban J connectivity index is 1.05. The SMILES string of the molecule is C=C1CC2CCC3[C@](C)(C(=O)OC4OC(CO)C(O)C(O)C4OC4CC(CO)C(O)C(O)C4O)CCC[C@@]3(C)[C@@H]2CCC1CC1OC(CO)C(O)C(OC2OC(CO)C(O)C(O)C2O)C1O. The monoisotopic (exact) mass is 950 g/mol. The normalized spacial score (nSPS) is 52.5. The summed E-state index contributed by atoms with van der Waals surface area (Å²) in [5.74, 6) is -1.55. The van der Waals surface area contributed by atoms with Gasteiger partial charge in [-0.05, 0) is 93.8 Å². The van der Waals surface area contributed by atoms with Crippen LogP contribution < -0.4 is 0 Å². The van der Waals surface area contributed by atoms with Crippen LogP contribution in [0.2, 0.25) is 0 Å². The van der Waals surface area contributed by atoms with Gasteiger partial charge in [-0.25, -0.2) is 0 Å². The molecule has 0 bridgehead atoms. The summed E-state index contributed by atoms with van der Waals surface area (Å²) in [4.78, 5) is 14.7. The zero-order chi connectivity index (χ0) is 48.2. The average molecular weight is 951 g/mol. The van der Waals surface area contributed by atoms with E-state index >= 15 is 0 Å². The molecule has 66 heavy (non-hydrogen) atoms. The lowest BCUT2D eigenvalue weighted by molar-refractivity contribution is -0.342. The first kappa shape index (κ1) is 52.3. The van der Waals surface area contributed by atoms with Crippen molar-refractivity contribution in [3.8, 4) is 0 Å². The highest BCUT2D eigenvalue weighted by molar-refractivity contribution is 5.77. The molecule has 14 N–H and O–H groups in total. The van der Waals surface area contributed by atoms with Crippen molar-refractivity contribution in [3.05, 3.63) is 12.2 Å². The van der Waals surface area contributed by atoms with Gasteiger partial charge in [-0.15, -0.1) is 0 Å². The standard InChI is InChI=1S/C45H74O21/c1-18-11-20-6-8-28-44(2,22(20)7-5-19(18)12-24-33(54)39(34(55)27(17-49)61-24)65-41-38(59)36(57)31(52)25(15-47)63-41)9-4-10-45(28,3)43(60)66-42-40(37(58)32(53)26(16-48)64-42)62-23-13-21(14-46)29(50)35(56)30(23)51/h19-42,46-59H,1,4-17H2,2-3H3/t19?,20?,21?,22-,23?,24?,25?,26?,27?,28?,29?,30?,31?,32?,33?,34?,35?,36?,37?,38?,39?,40?,41?,42?,44+,45-/m1/s1. The molecule has 23 unspecified atom stereocenters. The number of rotatable bonds is 12. The molecule has 0 aromatic rings. The minimum Gasteiger partial charge on any atom is -0.432 e. The summed E-state index contributed by atoms with van der Waals surface area (Å²) in [7, 11) is 0. The predicted octanol–water partition coefficient (Wildman–Crippen LogP) is -3.93. The van der Waals surface area contributed by atoms with Gasteiger partial charge in [-0.1, -0.05) is 25.5 Å². The van der Waals surface area contributed by atoms with Gasteiger partial charge in [0.1, 0.15) is 85.5 Å². The van der Waals surface area contributed by atoms with Crippen molar-refractivity contribution in [1.29, 1.82) is 0 Å². The molecule has 4 aliphatic carbocycles. The third kappa shape index (κ3) is 9.63. The summed E-state index contributed by atoms with van der Waals surface area (Å²) < 4.78 is 35.4. The van der Waals surface area contributed by atoms with Crippen LogP contribution in [-0.4, -0.2) is 220 Å². The first-order chi connectivity index (χ1) is 31.2. The van der Waals surface area contributed by atoms with Gasteiger partial charge in [0.05, 0.1) is 43.5 Å². The number of carbonyl (C=O) groups excluding carboxylic acids is 1. The zero-order valence-corrected chi connectivity index (χ0v) is 37.6. The van der Waals surface area contributed by atoms with Crippen LogP contribution in [0.3, 0.4) is 0 Å². The van der Waals surface area contributed by atoms with E-state index in [0.29, 0.717) is 32.1 Å². The van der Waals surface area contributed by atoms with Gasteiger partial charge in [0, 0.05) is 12.5 Å². The molecule has 380 valence electrons. The van der Waals surface area contributed by atoms with Gasteiger partial charge in [0.25, 0.3) is 0 Å². The van der Waals surface area contributed by atoms with Gasteiger partial charge in [-0.2, -0.15) is 0 Å². The summed E-state index contributed by atoms with van der Waals surface area (Å²) in [6, 6.07) is 0. The second-order valence-electron chi connectivity index (χ2n) is 20.7. The largest absolute Gasteiger partial charge is 0.432 e. The van der Waals surface area contributed by atoms with E-state index in [1.54, 1.807) is 0 Å². The van der Waals surface area contributed by atoms with E-state index in [-0.39, 0.29) is 41.9 Å². The maximum absolute atomic E-state index is 14.7. The van der Waals surface area contributed by atoms with Gasteiger partial charge >= 0.3 is 5.97 Å². The minimum absolute atomic E-state index is 0.128. The minimum atomic E-state index is -1.79. The van der Waals surface area contributed by atoms with Crippen LogP contribution in [0.4, 0.5) is 0 Å². The van der Waals surface area contributed by atoms with Gasteiger partial charge in [0.15, 0.2) is 6.29 Å². The summed E-state index contributed by atoms with van der Waals surface area (Å²) in [6.45, 7) is 5.92. The molecule has 7 fully saturated rings. The molecular weight excluding hydrogens is 876 g/mol. The van der Waals surface area contributed by atoms with Crippen LogP contribution in [-0.2, 0) is 33.2 Å². The van der Waals surface area contributed by atoms with E-state index in [4.69, 9.17) is 28.4 Å². The predicted molar refractivity (Wildman–Crippen MR) is 223 cm³/mol. The molecule has 3 aliphatic heterocycles. The fourth-order valence-corrected chi connectivity index (χ4v) is 13.0. The lowest BCUT2D eigenvalue weighted by Crippen LogP contribution is -2.64. The summed E-state index contributed by atoms with van der Waals surface area (Å²) in [5, 5.41) is 147. The smallest absolute Gasteiger partial charge is 0.314 e. The van der Waals surface area contributed by atoms with Crippen molar-refractivity contribution in [3.63, 3.8) is 0 Å². The number of aliphatic hydroxyl groups is 14. The zero-order valence-electron chi connectivity index (χ0n) is 37.6. The van der Waals surface area contributed by atoms with Crippen molar-refractivity contribution in [1.82, 2.24) is 0 Å². The third-order valence-corrected chi connectivity index (χ3v) is 16.9. The van der Waals surface area contributed by atoms with E-state index in [1.807, 2.05) is 6.92 Å². The maximum Gasteiger partial charge on any atom is 0.314 e. The molecule has 3 saturated heterocycles. The molecule has 0 amide bonds. The van der Waals surface area contributed by atoms with Crippen LogP contribution >= 0.6 is 0 Å². The molecule has 4 saturated carbocycles. The Morgan fingerprint density at radius 2 is 1.23 bits per heavy atom. The van der Waals surface area contributed by atoms with Crippen LogP contribution in [0.5, 0.6) is 0 Å². The van der Waals surface area contributed by atoms with Crippen LogP contribution in [0.1, 0.15) is 78.1 Å². The molecule has 7 aliphatic rings. The van der Waals surface area contributed by atoms with Crippen LogP contribution in [0.25, 0.3) is 0 Å². The first-order valence-electron chi connectivity index (χ1n) is 23.6. The van der Waals surface area contributed by atoms with E-state index in [9.17, 15) is 76.3 Å². The Bertz CT molecular complexity index is 1640. The highest BCUT2D eigenvalue weighted by Crippen LogP contribution is 2.64. The summed E-state index contributed by atoms with van der Waals surface area (Å²) in [6.07, 6.45) is -23.5. The highest BCUT2D eigenvalue weighted by Gasteiger charge is 2.61. The van der Waals surface area contributed by atoms with Crippen molar-refractivity contribution >= 4 is 5.97 Å². The molecule has 26 atom stereocenters. The lowest BCUT2D eigenvalue weighted by atomic mass is 9.45. The first-order valence-corrected chi connectivity index (χ1v) is 23.6. The van der Waals surface area contributed by atoms with E-state index < -0.39 is 160 Å². The molecule has 21 heteroatoms. The Labute approximate surface area is 383 Å². The van der Waals surface area contributed by atoms with Crippen molar-refractivity contribution in [2.75, 3.05) is 26.4 Å². The molecule has 0 aromatic carbocycles. The van der Waals surface area contributed by atoms with Gasteiger partial charge in [-0.3, -0.25) is 4.79 Å². The molecule has 3 heterocycles. The highest BCUT2D eigenvalue weighted by atomic mass is 16.7. The lowest BCUT2D eigenvalue weighted by Gasteiger charge is -2.59. The quantitative estimate of drug-likeness (QED) is 0.0656. The number of fused-ring (bicyclic) bond motifs is 3. The fourth-order valence-electron chi connectivity index (χ4n) is 13.0. The second kappa shape index (κ2) is 21.0. The van der Waals surface area contributed by atoms with E-state index in [0.717, 1.165) is 24.8 Å². The molecule has 21 nitrogen and oxygen atoms in total. The van der Waals surface area contributed by atoms with Crippen molar-refractivity contribution in [2.24, 2.45) is 40.4 Å². The van der Waals surface area contributed by atoms with Gasteiger partial charge in [0.2, 0.25) is 6.29 Å². The number of allylic oxidation sites excluding steroid dienone is 1.